The van der Waals surface area contributed by atoms with Crippen molar-refractivity contribution < 1.29 is 9.90 Å². The van der Waals surface area contributed by atoms with E-state index < -0.39 is 5.97 Å². The highest BCUT2D eigenvalue weighted by atomic mass is 16.4. The van der Waals surface area contributed by atoms with Gasteiger partial charge in [-0.05, 0) is 51.0 Å². The van der Waals surface area contributed by atoms with Gasteiger partial charge in [0.15, 0.2) is 0 Å². The van der Waals surface area contributed by atoms with Crippen LogP contribution in [0.15, 0.2) is 0 Å². The van der Waals surface area contributed by atoms with Crippen molar-refractivity contribution in [1.82, 2.24) is 4.90 Å². The molecule has 0 aromatic carbocycles. The molecule has 0 radical (unpaired) electrons. The zero-order valence-corrected chi connectivity index (χ0v) is 10.2. The number of hydrogen-bond donors (Lipinski definition) is 1. The number of carbonyl (C=O) groups is 1. The molecule has 1 heterocycles. The van der Waals surface area contributed by atoms with Crippen LogP contribution in [0.25, 0.3) is 0 Å². The first-order chi connectivity index (χ1) is 7.68. The quantitative estimate of drug-likeness (QED) is 0.785. The van der Waals surface area contributed by atoms with Crippen LogP contribution in [0.1, 0.15) is 51.9 Å². The Morgan fingerprint density at radius 2 is 1.81 bits per heavy atom. The topological polar surface area (TPSA) is 40.5 Å². The third-order valence-corrected chi connectivity index (χ3v) is 4.28. The molecule has 1 saturated heterocycles. The van der Waals surface area contributed by atoms with E-state index in [1.807, 2.05) is 0 Å². The van der Waals surface area contributed by atoms with Crippen molar-refractivity contribution in [3.63, 3.8) is 0 Å². The number of aliphatic carboxylic acids is 1. The molecule has 2 rings (SSSR count). The summed E-state index contributed by atoms with van der Waals surface area (Å²) in [5.74, 6) is 0.225. The molecular weight excluding hydrogens is 202 g/mol. The highest BCUT2D eigenvalue weighted by Crippen LogP contribution is 2.31. The zero-order chi connectivity index (χ0) is 11.5. The molecule has 0 aromatic heterocycles. The molecule has 3 heteroatoms. The molecule has 0 bridgehead atoms. The number of carboxylic acid groups (broad SMARTS) is 1. The summed E-state index contributed by atoms with van der Waals surface area (Å²) < 4.78 is 0. The Morgan fingerprint density at radius 1 is 1.12 bits per heavy atom. The van der Waals surface area contributed by atoms with Crippen molar-refractivity contribution in [1.29, 1.82) is 0 Å². The van der Waals surface area contributed by atoms with Crippen LogP contribution in [0.5, 0.6) is 0 Å². The Labute approximate surface area is 97.8 Å². The smallest absolute Gasteiger partial charge is 0.320 e. The minimum absolute atomic E-state index is 0.202. The molecule has 1 atom stereocenters. The van der Waals surface area contributed by atoms with Gasteiger partial charge in [0.2, 0.25) is 0 Å². The lowest BCUT2D eigenvalue weighted by atomic mass is 9.85. The molecule has 0 aromatic rings. The van der Waals surface area contributed by atoms with Crippen molar-refractivity contribution in [3.05, 3.63) is 0 Å². The van der Waals surface area contributed by atoms with E-state index in [1.54, 1.807) is 0 Å². The van der Waals surface area contributed by atoms with Crippen LogP contribution < -0.4 is 0 Å². The molecule has 0 spiro atoms. The van der Waals surface area contributed by atoms with Gasteiger partial charge in [-0.3, -0.25) is 9.69 Å². The molecule has 2 fully saturated rings. The fraction of sp³-hybridized carbons (Fsp3) is 0.923. The van der Waals surface area contributed by atoms with Gasteiger partial charge in [0.25, 0.3) is 0 Å². The molecule has 1 N–H and O–H groups in total. The fourth-order valence-electron chi connectivity index (χ4n) is 3.23. The Balaban J connectivity index is 1.97. The van der Waals surface area contributed by atoms with E-state index in [-0.39, 0.29) is 6.04 Å². The van der Waals surface area contributed by atoms with Crippen LogP contribution in [0.3, 0.4) is 0 Å². The highest BCUT2D eigenvalue weighted by molar-refractivity contribution is 5.73. The zero-order valence-electron chi connectivity index (χ0n) is 10.2. The van der Waals surface area contributed by atoms with Crippen LogP contribution >= 0.6 is 0 Å². The Morgan fingerprint density at radius 3 is 2.44 bits per heavy atom. The minimum atomic E-state index is -0.613. The Hall–Kier alpha value is -0.570. The van der Waals surface area contributed by atoms with E-state index in [1.165, 1.54) is 32.1 Å². The minimum Gasteiger partial charge on any atom is -0.480 e. The SMILES string of the molecule is CC1CCC(N2CCCCC2C(=O)O)CC1. The van der Waals surface area contributed by atoms with Crippen molar-refractivity contribution in [2.45, 2.75) is 64.0 Å². The normalized spacial score (nSPS) is 37.2. The number of hydrogen-bond acceptors (Lipinski definition) is 2. The predicted octanol–water partition coefficient (Wildman–Crippen LogP) is 2.50. The lowest BCUT2D eigenvalue weighted by Crippen LogP contribution is -2.51. The maximum atomic E-state index is 11.2. The van der Waals surface area contributed by atoms with E-state index in [4.69, 9.17) is 0 Å². The van der Waals surface area contributed by atoms with Gasteiger partial charge in [-0.1, -0.05) is 13.3 Å². The molecule has 1 aliphatic carbocycles. The molecule has 2 aliphatic rings. The molecule has 3 nitrogen and oxygen atoms in total. The molecular formula is C13H23NO2. The molecule has 16 heavy (non-hydrogen) atoms. The Bertz CT molecular complexity index is 246. The summed E-state index contributed by atoms with van der Waals surface area (Å²) in [5.41, 5.74) is 0. The van der Waals surface area contributed by atoms with E-state index in [2.05, 4.69) is 11.8 Å². The molecule has 92 valence electrons. The summed E-state index contributed by atoms with van der Waals surface area (Å²) in [6.07, 6.45) is 8.05. The molecule has 1 aliphatic heterocycles. The second kappa shape index (κ2) is 5.17. The van der Waals surface area contributed by atoms with Crippen LogP contribution in [-0.4, -0.2) is 34.6 Å². The van der Waals surface area contributed by atoms with Crippen molar-refractivity contribution in [2.24, 2.45) is 5.92 Å². The van der Waals surface area contributed by atoms with Gasteiger partial charge in [-0.25, -0.2) is 0 Å². The second-order valence-corrected chi connectivity index (χ2v) is 5.50. The van der Waals surface area contributed by atoms with Crippen LogP contribution in [0.4, 0.5) is 0 Å². The first-order valence-electron chi connectivity index (χ1n) is 6.67. The summed E-state index contributed by atoms with van der Waals surface area (Å²) in [6.45, 7) is 3.30. The van der Waals surface area contributed by atoms with Gasteiger partial charge in [0, 0.05) is 6.04 Å². The largest absolute Gasteiger partial charge is 0.480 e. The number of piperidine rings is 1. The maximum absolute atomic E-state index is 11.2. The van der Waals surface area contributed by atoms with Crippen molar-refractivity contribution in [3.8, 4) is 0 Å². The number of rotatable bonds is 2. The maximum Gasteiger partial charge on any atom is 0.320 e. The molecule has 1 unspecified atom stereocenters. The predicted molar refractivity (Wildman–Crippen MR) is 63.4 cm³/mol. The van der Waals surface area contributed by atoms with E-state index in [9.17, 15) is 9.90 Å². The van der Waals surface area contributed by atoms with Crippen LogP contribution in [0, 0.1) is 5.92 Å². The third kappa shape index (κ3) is 2.57. The Kier molecular flexibility index (Phi) is 3.85. The summed E-state index contributed by atoms with van der Waals surface area (Å²) in [4.78, 5) is 13.5. The number of carboxylic acids is 1. The fourth-order valence-corrected chi connectivity index (χ4v) is 3.23. The van der Waals surface area contributed by atoms with Crippen LogP contribution in [-0.2, 0) is 4.79 Å². The van der Waals surface area contributed by atoms with Crippen LogP contribution in [0.2, 0.25) is 0 Å². The summed E-state index contributed by atoms with van der Waals surface area (Å²) in [6, 6.07) is 0.338. The van der Waals surface area contributed by atoms with Gasteiger partial charge in [-0.2, -0.15) is 0 Å². The third-order valence-electron chi connectivity index (χ3n) is 4.28. The first kappa shape index (κ1) is 11.9. The van der Waals surface area contributed by atoms with Crippen molar-refractivity contribution in [2.75, 3.05) is 6.54 Å². The standard InChI is InChI=1S/C13H23NO2/c1-10-5-7-11(8-6-10)14-9-3-2-4-12(14)13(15)16/h10-12H,2-9H2,1H3,(H,15,16). The average Bonchev–Trinajstić information content (AvgIpc) is 2.30. The lowest BCUT2D eigenvalue weighted by molar-refractivity contribution is -0.146. The first-order valence-corrected chi connectivity index (χ1v) is 6.67. The van der Waals surface area contributed by atoms with Gasteiger partial charge in [0.05, 0.1) is 0 Å². The van der Waals surface area contributed by atoms with E-state index in [0.29, 0.717) is 6.04 Å². The van der Waals surface area contributed by atoms with Gasteiger partial charge in [0.1, 0.15) is 6.04 Å². The van der Waals surface area contributed by atoms with Gasteiger partial charge in [-0.15, -0.1) is 0 Å². The van der Waals surface area contributed by atoms with E-state index >= 15 is 0 Å². The highest BCUT2D eigenvalue weighted by Gasteiger charge is 2.34. The average molecular weight is 225 g/mol. The molecule has 1 saturated carbocycles. The summed E-state index contributed by atoms with van der Waals surface area (Å²) in [5, 5.41) is 9.25. The van der Waals surface area contributed by atoms with E-state index in [0.717, 1.165) is 25.3 Å². The number of nitrogens with zero attached hydrogens (tertiary/aromatic N) is 1. The van der Waals surface area contributed by atoms with Gasteiger partial charge >= 0.3 is 5.97 Å². The number of likely N-dealkylation sites (tertiary alicyclic amines) is 1. The lowest BCUT2D eigenvalue weighted by Gasteiger charge is -2.41. The summed E-state index contributed by atoms with van der Waals surface area (Å²) >= 11 is 0. The summed E-state index contributed by atoms with van der Waals surface area (Å²) in [7, 11) is 0. The second-order valence-electron chi connectivity index (χ2n) is 5.50. The van der Waals surface area contributed by atoms with Gasteiger partial charge < -0.3 is 5.11 Å². The molecule has 0 amide bonds. The monoisotopic (exact) mass is 225 g/mol. The van der Waals surface area contributed by atoms with Crippen molar-refractivity contribution >= 4 is 5.97 Å².